The number of carbonyl (C=O) groups excluding carboxylic acids is 2. The molecule has 9 nitrogen and oxygen atoms in total. The van der Waals surface area contributed by atoms with E-state index < -0.39 is 5.91 Å². The van der Waals surface area contributed by atoms with Gasteiger partial charge in [-0.15, -0.1) is 0 Å². The highest BCUT2D eigenvalue weighted by Crippen LogP contribution is 2.22. The number of amides is 2. The molecule has 9 heteroatoms. The van der Waals surface area contributed by atoms with Crippen molar-refractivity contribution in [1.82, 2.24) is 19.6 Å². The van der Waals surface area contributed by atoms with Gasteiger partial charge in [-0.3, -0.25) is 14.3 Å². The highest BCUT2D eigenvalue weighted by molar-refractivity contribution is 6.09. The van der Waals surface area contributed by atoms with Crippen LogP contribution >= 0.6 is 0 Å². The lowest BCUT2D eigenvalue weighted by Gasteiger charge is -2.11. The van der Waals surface area contributed by atoms with E-state index in [1.165, 1.54) is 10.9 Å². The van der Waals surface area contributed by atoms with Crippen molar-refractivity contribution in [1.29, 1.82) is 0 Å². The van der Waals surface area contributed by atoms with Gasteiger partial charge in [0.15, 0.2) is 0 Å². The molecule has 31 heavy (non-hydrogen) atoms. The van der Waals surface area contributed by atoms with Crippen LogP contribution in [0.25, 0.3) is 5.69 Å². The van der Waals surface area contributed by atoms with Crippen LogP contribution in [0.5, 0.6) is 0 Å². The van der Waals surface area contributed by atoms with E-state index in [0.29, 0.717) is 17.1 Å². The third kappa shape index (κ3) is 4.01. The summed E-state index contributed by atoms with van der Waals surface area (Å²) in [5, 5.41) is 13.9. The molecule has 0 aliphatic carbocycles. The fourth-order valence-electron chi connectivity index (χ4n) is 3.08. The molecular formula is C22H21N7O2. The summed E-state index contributed by atoms with van der Waals surface area (Å²) < 4.78 is 3.06. The van der Waals surface area contributed by atoms with Crippen molar-refractivity contribution in [3.05, 3.63) is 83.7 Å². The first-order valence-corrected chi connectivity index (χ1v) is 9.54. The Kier molecular flexibility index (Phi) is 5.23. The molecule has 2 amide bonds. The van der Waals surface area contributed by atoms with Crippen LogP contribution in [0.1, 0.15) is 26.3 Å². The van der Waals surface area contributed by atoms with Crippen molar-refractivity contribution in [3.8, 4) is 5.69 Å². The van der Waals surface area contributed by atoms with Gasteiger partial charge in [0.05, 0.1) is 18.1 Å². The Labute approximate surface area is 178 Å². The summed E-state index contributed by atoms with van der Waals surface area (Å²) in [6.07, 6.45) is 3.02. The predicted molar refractivity (Wildman–Crippen MR) is 118 cm³/mol. The number of nitrogens with zero attached hydrogens (tertiary/aromatic N) is 4. The SMILES string of the molecule is Cc1ccc(C(=O)Nc2ccnn2C)cc1NC(=O)c1cnn(-c2ccccc2)c1N. The van der Waals surface area contributed by atoms with Gasteiger partial charge in [-0.25, -0.2) is 4.68 Å². The van der Waals surface area contributed by atoms with E-state index in [-0.39, 0.29) is 17.3 Å². The molecule has 0 aliphatic heterocycles. The maximum atomic E-state index is 12.9. The van der Waals surface area contributed by atoms with Gasteiger partial charge in [0.2, 0.25) is 0 Å². The van der Waals surface area contributed by atoms with Gasteiger partial charge in [0.25, 0.3) is 11.8 Å². The molecule has 0 atom stereocenters. The van der Waals surface area contributed by atoms with Crippen molar-refractivity contribution in [3.63, 3.8) is 0 Å². The number of anilines is 3. The molecule has 0 saturated heterocycles. The van der Waals surface area contributed by atoms with Gasteiger partial charge in [-0.05, 0) is 36.8 Å². The number of nitrogens with one attached hydrogen (secondary N) is 2. The maximum Gasteiger partial charge on any atom is 0.261 e. The van der Waals surface area contributed by atoms with Crippen LogP contribution in [0.4, 0.5) is 17.3 Å². The Morgan fingerprint density at radius 2 is 1.74 bits per heavy atom. The number of aryl methyl sites for hydroxylation is 2. The molecule has 2 aromatic heterocycles. The lowest BCUT2D eigenvalue weighted by molar-refractivity contribution is 0.101. The van der Waals surface area contributed by atoms with E-state index >= 15 is 0 Å². The zero-order chi connectivity index (χ0) is 22.0. The van der Waals surface area contributed by atoms with E-state index in [9.17, 15) is 9.59 Å². The second-order valence-electron chi connectivity index (χ2n) is 6.97. The maximum absolute atomic E-state index is 12.9. The Morgan fingerprint density at radius 1 is 0.968 bits per heavy atom. The minimum absolute atomic E-state index is 0.228. The van der Waals surface area contributed by atoms with Crippen LogP contribution in [0.2, 0.25) is 0 Å². The van der Waals surface area contributed by atoms with Crippen molar-refractivity contribution in [2.75, 3.05) is 16.4 Å². The fraction of sp³-hybridized carbons (Fsp3) is 0.0909. The van der Waals surface area contributed by atoms with Crippen LogP contribution in [-0.2, 0) is 7.05 Å². The quantitative estimate of drug-likeness (QED) is 0.463. The largest absolute Gasteiger partial charge is 0.383 e. The van der Waals surface area contributed by atoms with Crippen LogP contribution in [0.3, 0.4) is 0 Å². The molecule has 0 fully saturated rings. The van der Waals surface area contributed by atoms with E-state index in [1.54, 1.807) is 42.2 Å². The van der Waals surface area contributed by atoms with Gasteiger partial charge in [-0.2, -0.15) is 10.2 Å². The summed E-state index contributed by atoms with van der Waals surface area (Å²) in [7, 11) is 1.73. The van der Waals surface area contributed by atoms with Gasteiger partial charge in [0.1, 0.15) is 17.2 Å². The standard InChI is InChI=1S/C22H21N7O2/c1-14-8-9-15(21(30)27-19-10-11-24-28(19)2)12-18(14)26-22(31)17-13-25-29(20(17)23)16-6-4-3-5-7-16/h3-13H,23H2,1-2H3,(H,26,31)(H,27,30). The van der Waals surface area contributed by atoms with Crippen LogP contribution in [0, 0.1) is 6.92 Å². The summed E-state index contributed by atoms with van der Waals surface area (Å²) in [6.45, 7) is 1.84. The average molecular weight is 415 g/mol. The molecule has 0 spiro atoms. The Morgan fingerprint density at radius 3 is 2.45 bits per heavy atom. The molecule has 4 rings (SSSR count). The second kappa shape index (κ2) is 8.15. The summed E-state index contributed by atoms with van der Waals surface area (Å²) in [5.74, 6) is 0.0752. The third-order valence-electron chi connectivity index (χ3n) is 4.86. The molecule has 0 unspecified atom stereocenters. The highest BCUT2D eigenvalue weighted by atomic mass is 16.2. The molecule has 4 N–H and O–H groups in total. The molecule has 0 saturated carbocycles. The Bertz CT molecular complexity index is 1260. The number of para-hydroxylation sites is 1. The minimum atomic E-state index is -0.410. The molecule has 0 radical (unpaired) electrons. The van der Waals surface area contributed by atoms with E-state index in [4.69, 9.17) is 5.73 Å². The normalized spacial score (nSPS) is 10.6. The summed E-state index contributed by atoms with van der Waals surface area (Å²) in [6, 6.07) is 16.1. The molecule has 2 aromatic carbocycles. The van der Waals surface area contributed by atoms with Gasteiger partial charge in [-0.1, -0.05) is 24.3 Å². The summed E-state index contributed by atoms with van der Waals surface area (Å²) >= 11 is 0. The highest BCUT2D eigenvalue weighted by Gasteiger charge is 2.18. The summed E-state index contributed by atoms with van der Waals surface area (Å²) in [5.41, 5.74) is 8.87. The van der Waals surface area contributed by atoms with Crippen molar-refractivity contribution < 1.29 is 9.59 Å². The first-order valence-electron chi connectivity index (χ1n) is 9.54. The fourth-order valence-corrected chi connectivity index (χ4v) is 3.08. The molecule has 2 heterocycles. The molecule has 4 aromatic rings. The summed E-state index contributed by atoms with van der Waals surface area (Å²) in [4.78, 5) is 25.5. The van der Waals surface area contributed by atoms with Crippen LogP contribution in [-0.4, -0.2) is 31.4 Å². The van der Waals surface area contributed by atoms with Crippen LogP contribution in [0.15, 0.2) is 67.0 Å². The van der Waals surface area contributed by atoms with E-state index in [2.05, 4.69) is 20.8 Å². The number of rotatable bonds is 5. The number of hydrogen-bond acceptors (Lipinski definition) is 5. The lowest BCUT2D eigenvalue weighted by Crippen LogP contribution is -2.17. The van der Waals surface area contributed by atoms with E-state index in [0.717, 1.165) is 11.3 Å². The Hall–Kier alpha value is -4.40. The minimum Gasteiger partial charge on any atom is -0.383 e. The monoisotopic (exact) mass is 415 g/mol. The smallest absolute Gasteiger partial charge is 0.261 e. The molecule has 0 aliphatic rings. The number of carbonyl (C=O) groups is 2. The number of benzene rings is 2. The van der Waals surface area contributed by atoms with Crippen molar-refractivity contribution in [2.24, 2.45) is 7.05 Å². The Balaban J connectivity index is 1.55. The predicted octanol–water partition coefficient (Wildman–Crippen LogP) is 3.00. The van der Waals surface area contributed by atoms with Crippen molar-refractivity contribution >= 4 is 29.1 Å². The second-order valence-corrected chi connectivity index (χ2v) is 6.97. The van der Waals surface area contributed by atoms with Crippen LogP contribution < -0.4 is 16.4 Å². The van der Waals surface area contributed by atoms with Gasteiger partial charge in [0, 0.05) is 24.4 Å². The third-order valence-corrected chi connectivity index (χ3v) is 4.86. The number of nitrogens with two attached hydrogens (primary N) is 1. The first kappa shape index (κ1) is 19.9. The first-order chi connectivity index (χ1) is 14.9. The topological polar surface area (TPSA) is 120 Å². The number of aromatic nitrogens is 4. The zero-order valence-electron chi connectivity index (χ0n) is 17.0. The molecule has 156 valence electrons. The van der Waals surface area contributed by atoms with E-state index in [1.807, 2.05) is 37.3 Å². The molecular weight excluding hydrogens is 394 g/mol. The zero-order valence-corrected chi connectivity index (χ0v) is 17.0. The van der Waals surface area contributed by atoms with Gasteiger partial charge < -0.3 is 16.4 Å². The number of nitrogen functional groups attached to an aromatic ring is 1. The molecule has 0 bridgehead atoms. The number of hydrogen-bond donors (Lipinski definition) is 3. The van der Waals surface area contributed by atoms with Crippen molar-refractivity contribution in [2.45, 2.75) is 6.92 Å². The average Bonchev–Trinajstić information content (AvgIpc) is 3.35. The van der Waals surface area contributed by atoms with Gasteiger partial charge >= 0.3 is 0 Å². The lowest BCUT2D eigenvalue weighted by atomic mass is 10.1.